The Bertz CT molecular complexity index is 897. The van der Waals surface area contributed by atoms with Crippen LogP contribution in [0.3, 0.4) is 0 Å². The Morgan fingerprint density at radius 3 is 2.83 bits per heavy atom. The molecule has 0 bridgehead atoms. The quantitative estimate of drug-likeness (QED) is 0.757. The van der Waals surface area contributed by atoms with Gasteiger partial charge in [-0.1, -0.05) is 6.07 Å². The van der Waals surface area contributed by atoms with Gasteiger partial charge in [-0.3, -0.25) is 4.98 Å². The van der Waals surface area contributed by atoms with E-state index in [1.807, 2.05) is 6.07 Å². The maximum Gasteiger partial charge on any atom is 0.335 e. The molecule has 0 aliphatic carbocycles. The molecule has 5 heteroatoms. The van der Waals surface area contributed by atoms with E-state index in [9.17, 15) is 9.90 Å². The van der Waals surface area contributed by atoms with Crippen molar-refractivity contribution in [2.45, 2.75) is 25.7 Å². The number of nitrogens with zero attached hydrogens (tertiary/aromatic N) is 2. The number of carboxylic acids is 1. The molecule has 0 radical (unpaired) electrons. The molecule has 1 N–H and O–H groups in total. The first-order valence-electron chi connectivity index (χ1n) is 8.48. The van der Waals surface area contributed by atoms with Gasteiger partial charge in [0.2, 0.25) is 0 Å². The van der Waals surface area contributed by atoms with Gasteiger partial charge in [-0.25, -0.2) is 4.79 Å². The Labute approximate surface area is 144 Å². The van der Waals surface area contributed by atoms with E-state index >= 15 is 0 Å². The number of fused-ring (bicyclic) bond motifs is 3. The summed E-state index contributed by atoms with van der Waals surface area (Å²) in [5.74, 6) is -0.902. The molecule has 4 rings (SSSR count). The molecular formula is C19H20N2O2S. The summed E-state index contributed by atoms with van der Waals surface area (Å²) in [6, 6.07) is 7.39. The molecule has 24 heavy (non-hydrogen) atoms. The molecule has 0 unspecified atom stereocenters. The van der Waals surface area contributed by atoms with Gasteiger partial charge in [-0.2, -0.15) is 0 Å². The van der Waals surface area contributed by atoms with Crippen LogP contribution in [-0.2, 0) is 6.42 Å². The number of carbonyl (C=O) groups is 1. The van der Waals surface area contributed by atoms with Crippen LogP contribution in [0.25, 0.3) is 21.0 Å². The first-order chi connectivity index (χ1) is 11.7. The van der Waals surface area contributed by atoms with E-state index in [2.05, 4.69) is 16.3 Å². The van der Waals surface area contributed by atoms with Gasteiger partial charge in [0.25, 0.3) is 0 Å². The predicted octanol–water partition coefficient (Wildman–Crippen LogP) is 4.18. The summed E-state index contributed by atoms with van der Waals surface area (Å²) in [6.07, 6.45) is 4.68. The number of pyridine rings is 1. The highest BCUT2D eigenvalue weighted by Gasteiger charge is 2.14. The summed E-state index contributed by atoms with van der Waals surface area (Å²) in [5.41, 5.74) is 2.19. The van der Waals surface area contributed by atoms with Crippen LogP contribution in [0, 0.1) is 0 Å². The van der Waals surface area contributed by atoms with Crippen LogP contribution < -0.4 is 0 Å². The summed E-state index contributed by atoms with van der Waals surface area (Å²) in [7, 11) is 0. The van der Waals surface area contributed by atoms with Crippen molar-refractivity contribution in [2.24, 2.45) is 0 Å². The number of likely N-dealkylation sites (tertiary alicyclic amines) is 1. The third kappa shape index (κ3) is 2.89. The number of aryl methyl sites for hydroxylation is 1. The Hall–Kier alpha value is -1.98. The minimum Gasteiger partial charge on any atom is -0.478 e. The minimum absolute atomic E-state index is 0.300. The second kappa shape index (κ2) is 6.49. The first-order valence-corrected chi connectivity index (χ1v) is 9.36. The number of hydrogen-bond acceptors (Lipinski definition) is 4. The second-order valence-electron chi connectivity index (χ2n) is 6.41. The lowest BCUT2D eigenvalue weighted by Crippen LogP contribution is -2.20. The largest absolute Gasteiger partial charge is 0.478 e. The van der Waals surface area contributed by atoms with Crippen LogP contribution >= 0.6 is 11.3 Å². The third-order valence-corrected chi connectivity index (χ3v) is 5.76. The van der Waals surface area contributed by atoms with Gasteiger partial charge in [-0.05, 0) is 68.9 Å². The van der Waals surface area contributed by atoms with Crippen molar-refractivity contribution in [2.75, 3.05) is 19.6 Å². The van der Waals surface area contributed by atoms with Crippen LogP contribution in [-0.4, -0.2) is 40.6 Å². The summed E-state index contributed by atoms with van der Waals surface area (Å²) in [6.45, 7) is 3.57. The van der Waals surface area contributed by atoms with Gasteiger partial charge in [-0.15, -0.1) is 11.3 Å². The molecule has 3 heterocycles. The number of hydrogen-bond donors (Lipinski definition) is 1. The fraction of sp³-hybridized carbons (Fsp3) is 0.368. The summed E-state index contributed by atoms with van der Waals surface area (Å²) in [4.78, 5) is 18.6. The van der Waals surface area contributed by atoms with Crippen molar-refractivity contribution in [3.63, 3.8) is 0 Å². The maximum absolute atomic E-state index is 11.2. The van der Waals surface area contributed by atoms with Crippen molar-refractivity contribution in [1.29, 1.82) is 0 Å². The molecule has 1 saturated heterocycles. The highest BCUT2D eigenvalue weighted by atomic mass is 32.1. The molecule has 4 nitrogen and oxygen atoms in total. The standard InChI is InChI=1S/C19H20N2O2S/c22-19(23)13-5-6-14-17(12-13)20-16(15-7-11-24-18(14)15)4-3-10-21-8-1-2-9-21/h5-7,11-12H,1-4,8-10H2,(H,22,23). The molecule has 0 amide bonds. The zero-order valence-corrected chi connectivity index (χ0v) is 14.3. The molecule has 1 fully saturated rings. The van der Waals surface area contributed by atoms with Gasteiger partial charge in [0.05, 0.1) is 11.1 Å². The molecule has 1 aliphatic rings. The molecule has 0 saturated carbocycles. The molecule has 1 aromatic carbocycles. The van der Waals surface area contributed by atoms with Crippen molar-refractivity contribution < 1.29 is 9.90 Å². The van der Waals surface area contributed by atoms with E-state index in [4.69, 9.17) is 4.98 Å². The molecule has 2 aromatic heterocycles. The van der Waals surface area contributed by atoms with Crippen LogP contribution in [0.1, 0.15) is 35.3 Å². The number of aromatic carboxylic acids is 1. The minimum atomic E-state index is -0.902. The number of aromatic nitrogens is 1. The van der Waals surface area contributed by atoms with Crippen molar-refractivity contribution in [1.82, 2.24) is 9.88 Å². The van der Waals surface area contributed by atoms with Crippen LogP contribution in [0.5, 0.6) is 0 Å². The van der Waals surface area contributed by atoms with E-state index in [0.29, 0.717) is 5.56 Å². The van der Waals surface area contributed by atoms with Gasteiger partial charge in [0, 0.05) is 21.2 Å². The number of rotatable bonds is 5. The van der Waals surface area contributed by atoms with Gasteiger partial charge >= 0.3 is 5.97 Å². The fourth-order valence-electron chi connectivity index (χ4n) is 3.57. The van der Waals surface area contributed by atoms with E-state index in [-0.39, 0.29) is 0 Å². The average molecular weight is 340 g/mol. The lowest BCUT2D eigenvalue weighted by atomic mass is 10.1. The SMILES string of the molecule is O=C(O)c1ccc2c(c1)nc(CCCN1CCCC1)c1ccsc12. The summed E-state index contributed by atoms with van der Waals surface area (Å²) in [5, 5.41) is 13.6. The highest BCUT2D eigenvalue weighted by Crippen LogP contribution is 2.32. The zero-order chi connectivity index (χ0) is 16.5. The zero-order valence-electron chi connectivity index (χ0n) is 13.5. The maximum atomic E-state index is 11.2. The molecule has 0 atom stereocenters. The number of benzene rings is 1. The number of carboxylic acid groups (broad SMARTS) is 1. The predicted molar refractivity (Wildman–Crippen MR) is 98.1 cm³/mol. The number of thiophene rings is 1. The molecular weight excluding hydrogens is 320 g/mol. The van der Waals surface area contributed by atoms with E-state index < -0.39 is 5.97 Å². The van der Waals surface area contributed by atoms with Crippen LogP contribution in [0.15, 0.2) is 29.6 Å². The third-order valence-electron chi connectivity index (χ3n) is 4.81. The Morgan fingerprint density at radius 1 is 1.21 bits per heavy atom. The van der Waals surface area contributed by atoms with Crippen LogP contribution in [0.4, 0.5) is 0 Å². The lowest BCUT2D eigenvalue weighted by molar-refractivity contribution is 0.0697. The summed E-state index contributed by atoms with van der Waals surface area (Å²) >= 11 is 1.71. The fourth-order valence-corrected chi connectivity index (χ4v) is 4.52. The first kappa shape index (κ1) is 15.5. The Kier molecular flexibility index (Phi) is 4.21. The van der Waals surface area contributed by atoms with E-state index in [0.717, 1.165) is 36.0 Å². The molecule has 3 aromatic rings. The Morgan fingerprint density at radius 2 is 2.04 bits per heavy atom. The normalized spacial score (nSPS) is 15.5. The van der Waals surface area contributed by atoms with E-state index in [1.165, 1.54) is 36.0 Å². The smallest absolute Gasteiger partial charge is 0.335 e. The van der Waals surface area contributed by atoms with Crippen molar-refractivity contribution in [3.8, 4) is 0 Å². The lowest BCUT2D eigenvalue weighted by Gasteiger charge is -2.14. The average Bonchev–Trinajstić information content (AvgIpc) is 3.26. The second-order valence-corrected chi connectivity index (χ2v) is 7.33. The monoisotopic (exact) mass is 340 g/mol. The topological polar surface area (TPSA) is 53.4 Å². The van der Waals surface area contributed by atoms with Crippen molar-refractivity contribution in [3.05, 3.63) is 40.9 Å². The summed E-state index contributed by atoms with van der Waals surface area (Å²) < 4.78 is 1.22. The van der Waals surface area contributed by atoms with Crippen molar-refractivity contribution >= 4 is 38.3 Å². The van der Waals surface area contributed by atoms with Gasteiger partial charge < -0.3 is 10.0 Å². The molecule has 0 spiro atoms. The molecule has 1 aliphatic heterocycles. The van der Waals surface area contributed by atoms with Gasteiger partial charge in [0.1, 0.15) is 0 Å². The highest BCUT2D eigenvalue weighted by molar-refractivity contribution is 7.18. The molecule has 124 valence electrons. The Balaban J connectivity index is 1.66. The van der Waals surface area contributed by atoms with E-state index in [1.54, 1.807) is 23.5 Å². The van der Waals surface area contributed by atoms with Crippen LogP contribution in [0.2, 0.25) is 0 Å². The van der Waals surface area contributed by atoms with Gasteiger partial charge in [0.15, 0.2) is 0 Å².